The smallest absolute Gasteiger partial charge is 0.297 e. The van der Waals surface area contributed by atoms with Gasteiger partial charge < -0.3 is 19.5 Å². The minimum atomic E-state index is 0.461. The summed E-state index contributed by atoms with van der Waals surface area (Å²) in [6.45, 7) is 7.03. The summed E-state index contributed by atoms with van der Waals surface area (Å²) in [5.41, 5.74) is 0.957. The Morgan fingerprint density at radius 2 is 2.00 bits per heavy atom. The average molecular weight is 254 g/mol. The molecule has 1 heterocycles. The molecule has 1 N–H and O–H groups in total. The van der Waals surface area contributed by atoms with Gasteiger partial charge in [-0.3, -0.25) is 0 Å². The summed E-state index contributed by atoms with van der Waals surface area (Å²) in [4.78, 5) is 8.70. The standard InChI is InChI=1S/C13H26N4O/c1-11(2)14-9-12-10-18-13(15-12)17(5)8-6-7-16(3)4/h10-11,14H,6-9H2,1-5H3. The van der Waals surface area contributed by atoms with Crippen molar-refractivity contribution in [1.82, 2.24) is 15.2 Å². The van der Waals surface area contributed by atoms with Gasteiger partial charge in [-0.05, 0) is 27.1 Å². The van der Waals surface area contributed by atoms with Crippen molar-refractivity contribution in [3.8, 4) is 0 Å². The Morgan fingerprint density at radius 3 is 2.61 bits per heavy atom. The first-order valence-corrected chi connectivity index (χ1v) is 6.52. The van der Waals surface area contributed by atoms with E-state index in [1.807, 2.05) is 7.05 Å². The van der Waals surface area contributed by atoms with E-state index in [0.717, 1.165) is 31.7 Å². The van der Waals surface area contributed by atoms with E-state index < -0.39 is 0 Å². The van der Waals surface area contributed by atoms with Gasteiger partial charge in [0.1, 0.15) is 6.26 Å². The van der Waals surface area contributed by atoms with E-state index in [2.05, 4.69) is 48.0 Å². The molecule has 0 aliphatic rings. The van der Waals surface area contributed by atoms with Crippen LogP contribution in [0.3, 0.4) is 0 Å². The van der Waals surface area contributed by atoms with Gasteiger partial charge in [0.15, 0.2) is 0 Å². The fourth-order valence-electron chi connectivity index (χ4n) is 1.58. The molecule has 0 radical (unpaired) electrons. The molecule has 0 aliphatic carbocycles. The molecule has 5 heteroatoms. The zero-order valence-corrected chi connectivity index (χ0v) is 12.2. The Hall–Kier alpha value is -1.07. The third-order valence-corrected chi connectivity index (χ3v) is 2.66. The minimum absolute atomic E-state index is 0.461. The summed E-state index contributed by atoms with van der Waals surface area (Å²) in [6, 6.07) is 1.16. The molecule has 0 saturated heterocycles. The van der Waals surface area contributed by atoms with Gasteiger partial charge >= 0.3 is 0 Å². The lowest BCUT2D eigenvalue weighted by atomic mass is 10.3. The lowest BCUT2D eigenvalue weighted by molar-refractivity contribution is 0.399. The number of nitrogens with zero attached hydrogens (tertiary/aromatic N) is 3. The molecule has 5 nitrogen and oxygen atoms in total. The second-order valence-electron chi connectivity index (χ2n) is 5.24. The SMILES string of the molecule is CC(C)NCc1coc(N(C)CCCN(C)C)n1. The van der Waals surface area contributed by atoms with Gasteiger partial charge in [0.2, 0.25) is 0 Å². The molecular weight excluding hydrogens is 228 g/mol. The molecule has 0 aromatic carbocycles. The largest absolute Gasteiger partial charge is 0.432 e. The van der Waals surface area contributed by atoms with Crippen LogP contribution < -0.4 is 10.2 Å². The summed E-state index contributed by atoms with van der Waals surface area (Å²) >= 11 is 0. The highest BCUT2D eigenvalue weighted by Crippen LogP contribution is 2.12. The molecule has 104 valence electrons. The molecule has 0 aliphatic heterocycles. The summed E-state index contributed by atoms with van der Waals surface area (Å²) in [6.07, 6.45) is 2.83. The van der Waals surface area contributed by atoms with Crippen molar-refractivity contribution < 1.29 is 4.42 Å². The summed E-state index contributed by atoms with van der Waals surface area (Å²) in [5.74, 6) is 0. The minimum Gasteiger partial charge on any atom is -0.432 e. The van der Waals surface area contributed by atoms with Crippen molar-refractivity contribution in [2.75, 3.05) is 39.1 Å². The molecule has 0 amide bonds. The van der Waals surface area contributed by atoms with Crippen molar-refractivity contribution >= 4 is 6.01 Å². The van der Waals surface area contributed by atoms with Crippen molar-refractivity contribution in [2.45, 2.75) is 32.9 Å². The molecule has 0 atom stereocenters. The van der Waals surface area contributed by atoms with Gasteiger partial charge in [-0.25, -0.2) is 0 Å². The summed E-state index contributed by atoms with van der Waals surface area (Å²) in [7, 11) is 6.18. The third-order valence-electron chi connectivity index (χ3n) is 2.66. The third kappa shape index (κ3) is 5.51. The predicted octanol–water partition coefficient (Wildman–Crippen LogP) is 1.56. The fourth-order valence-corrected chi connectivity index (χ4v) is 1.58. The zero-order valence-electron chi connectivity index (χ0n) is 12.2. The van der Waals surface area contributed by atoms with Crippen LogP contribution in [0.2, 0.25) is 0 Å². The molecule has 1 aromatic heterocycles. The van der Waals surface area contributed by atoms with Crippen LogP contribution in [-0.2, 0) is 6.54 Å². The number of aromatic nitrogens is 1. The number of anilines is 1. The number of oxazole rings is 1. The molecule has 1 aromatic rings. The van der Waals surface area contributed by atoms with Gasteiger partial charge in [0.25, 0.3) is 6.01 Å². The molecule has 0 bridgehead atoms. The lowest BCUT2D eigenvalue weighted by Crippen LogP contribution is -2.24. The molecule has 1 rings (SSSR count). The van der Waals surface area contributed by atoms with Gasteiger partial charge in [0, 0.05) is 26.2 Å². The Kier molecular flexibility index (Phi) is 6.15. The van der Waals surface area contributed by atoms with Crippen LogP contribution in [0.4, 0.5) is 6.01 Å². The Bertz CT molecular complexity index is 335. The van der Waals surface area contributed by atoms with Crippen LogP contribution in [0.25, 0.3) is 0 Å². The first-order valence-electron chi connectivity index (χ1n) is 6.52. The van der Waals surface area contributed by atoms with Crippen molar-refractivity contribution in [2.24, 2.45) is 0 Å². The van der Waals surface area contributed by atoms with Crippen LogP contribution in [0.15, 0.2) is 10.7 Å². The number of nitrogens with one attached hydrogen (secondary N) is 1. The molecule has 18 heavy (non-hydrogen) atoms. The maximum Gasteiger partial charge on any atom is 0.297 e. The summed E-state index contributed by atoms with van der Waals surface area (Å²) < 4.78 is 5.48. The van der Waals surface area contributed by atoms with Crippen LogP contribution in [0.1, 0.15) is 26.0 Å². The van der Waals surface area contributed by atoms with E-state index in [0.29, 0.717) is 12.1 Å². The monoisotopic (exact) mass is 254 g/mol. The molecule has 0 unspecified atom stereocenters. The van der Waals surface area contributed by atoms with Crippen LogP contribution in [-0.4, -0.2) is 50.2 Å². The molecular formula is C13H26N4O. The quantitative estimate of drug-likeness (QED) is 0.763. The zero-order chi connectivity index (χ0) is 13.5. The van der Waals surface area contributed by atoms with Crippen molar-refractivity contribution in [3.63, 3.8) is 0 Å². The van der Waals surface area contributed by atoms with E-state index in [4.69, 9.17) is 4.42 Å². The highest BCUT2D eigenvalue weighted by Gasteiger charge is 2.09. The highest BCUT2D eigenvalue weighted by atomic mass is 16.4. The first kappa shape index (κ1) is 15.0. The van der Waals surface area contributed by atoms with Gasteiger partial charge in [-0.1, -0.05) is 13.8 Å². The number of hydrogen-bond acceptors (Lipinski definition) is 5. The second kappa shape index (κ2) is 7.38. The van der Waals surface area contributed by atoms with Crippen LogP contribution in [0.5, 0.6) is 0 Å². The van der Waals surface area contributed by atoms with E-state index in [1.165, 1.54) is 0 Å². The molecule has 0 saturated carbocycles. The number of hydrogen-bond donors (Lipinski definition) is 1. The van der Waals surface area contributed by atoms with Gasteiger partial charge in [-0.2, -0.15) is 4.98 Å². The Balaban J connectivity index is 2.36. The predicted molar refractivity (Wildman–Crippen MR) is 74.9 cm³/mol. The lowest BCUT2D eigenvalue weighted by Gasteiger charge is -2.16. The van der Waals surface area contributed by atoms with Crippen molar-refractivity contribution in [3.05, 3.63) is 12.0 Å². The van der Waals surface area contributed by atoms with E-state index in [1.54, 1.807) is 6.26 Å². The van der Waals surface area contributed by atoms with E-state index in [-0.39, 0.29) is 0 Å². The van der Waals surface area contributed by atoms with E-state index in [9.17, 15) is 0 Å². The topological polar surface area (TPSA) is 44.5 Å². The normalized spacial score (nSPS) is 11.5. The summed E-state index contributed by atoms with van der Waals surface area (Å²) in [5, 5.41) is 3.32. The molecule has 0 fully saturated rings. The maximum atomic E-state index is 5.48. The van der Waals surface area contributed by atoms with Crippen LogP contribution in [0, 0.1) is 0 Å². The fraction of sp³-hybridized carbons (Fsp3) is 0.769. The Labute approximate surface area is 110 Å². The maximum absolute atomic E-state index is 5.48. The molecule has 0 spiro atoms. The van der Waals surface area contributed by atoms with Gasteiger partial charge in [-0.15, -0.1) is 0 Å². The highest BCUT2D eigenvalue weighted by molar-refractivity contribution is 5.24. The number of rotatable bonds is 8. The average Bonchev–Trinajstić information content (AvgIpc) is 2.74. The Morgan fingerprint density at radius 1 is 1.28 bits per heavy atom. The first-order chi connectivity index (χ1) is 8.49. The van der Waals surface area contributed by atoms with Crippen molar-refractivity contribution in [1.29, 1.82) is 0 Å². The second-order valence-corrected chi connectivity index (χ2v) is 5.24. The van der Waals surface area contributed by atoms with Crippen LogP contribution >= 0.6 is 0 Å². The van der Waals surface area contributed by atoms with E-state index >= 15 is 0 Å². The van der Waals surface area contributed by atoms with Gasteiger partial charge in [0.05, 0.1) is 5.69 Å².